The van der Waals surface area contributed by atoms with Gasteiger partial charge in [-0.15, -0.1) is 0 Å². The van der Waals surface area contributed by atoms with Gasteiger partial charge >= 0.3 is 6.03 Å². The Balaban J connectivity index is 1.50. The van der Waals surface area contributed by atoms with Crippen LogP contribution in [0.4, 0.5) is 14.9 Å². The number of urea groups is 1. The first-order valence-corrected chi connectivity index (χ1v) is 12.5. The Kier molecular flexibility index (Phi) is 9.81. The van der Waals surface area contributed by atoms with E-state index < -0.39 is 12.1 Å². The van der Waals surface area contributed by atoms with Gasteiger partial charge in [-0.1, -0.05) is 38.1 Å². The molecule has 35 heavy (non-hydrogen) atoms. The third-order valence-corrected chi connectivity index (χ3v) is 6.62. The van der Waals surface area contributed by atoms with Crippen molar-refractivity contribution in [2.75, 3.05) is 25.0 Å². The molecule has 1 aliphatic heterocycles. The van der Waals surface area contributed by atoms with Crippen molar-refractivity contribution in [3.05, 3.63) is 65.5 Å². The van der Waals surface area contributed by atoms with Crippen LogP contribution in [-0.2, 0) is 6.42 Å². The Bertz CT molecular complexity index is 972. The average molecular weight is 484 g/mol. The van der Waals surface area contributed by atoms with Crippen LogP contribution < -0.4 is 10.6 Å². The van der Waals surface area contributed by atoms with Gasteiger partial charge in [0.25, 0.3) is 0 Å². The lowest BCUT2D eigenvalue weighted by molar-refractivity contribution is 0.0605. The van der Waals surface area contributed by atoms with Crippen LogP contribution in [0.2, 0.25) is 0 Å². The summed E-state index contributed by atoms with van der Waals surface area (Å²) in [4.78, 5) is 26.5. The van der Waals surface area contributed by atoms with Crippen LogP contribution in [0.15, 0.2) is 48.5 Å². The number of aliphatic hydroxyl groups is 1. The van der Waals surface area contributed by atoms with Crippen molar-refractivity contribution >= 4 is 17.5 Å². The van der Waals surface area contributed by atoms with Gasteiger partial charge in [0.15, 0.2) is 5.78 Å². The molecular formula is C28H38FN3O3. The van der Waals surface area contributed by atoms with Crippen LogP contribution in [0.25, 0.3) is 0 Å². The van der Waals surface area contributed by atoms with E-state index in [0.717, 1.165) is 37.9 Å². The van der Waals surface area contributed by atoms with E-state index in [1.807, 2.05) is 12.1 Å². The molecule has 2 amide bonds. The highest BCUT2D eigenvalue weighted by Gasteiger charge is 2.27. The van der Waals surface area contributed by atoms with Crippen LogP contribution >= 0.6 is 0 Å². The maximum Gasteiger partial charge on any atom is 0.319 e. The van der Waals surface area contributed by atoms with Gasteiger partial charge in [0.05, 0.1) is 12.1 Å². The van der Waals surface area contributed by atoms with Gasteiger partial charge in [0.1, 0.15) is 5.82 Å². The number of hydrogen-bond acceptors (Lipinski definition) is 4. The number of rotatable bonds is 10. The monoisotopic (exact) mass is 483 g/mol. The van der Waals surface area contributed by atoms with Gasteiger partial charge < -0.3 is 20.6 Å². The number of piperidine rings is 1. The van der Waals surface area contributed by atoms with Gasteiger partial charge in [0, 0.05) is 17.8 Å². The van der Waals surface area contributed by atoms with Gasteiger partial charge in [-0.05, 0) is 87.4 Å². The Labute approximate surface area is 207 Å². The summed E-state index contributed by atoms with van der Waals surface area (Å²) in [7, 11) is 0. The molecule has 1 heterocycles. The summed E-state index contributed by atoms with van der Waals surface area (Å²) in [6.07, 6.45) is 2.96. The second-order valence-electron chi connectivity index (χ2n) is 10.1. The van der Waals surface area contributed by atoms with Crippen molar-refractivity contribution in [1.29, 1.82) is 0 Å². The second kappa shape index (κ2) is 12.8. The molecule has 1 fully saturated rings. The first-order valence-electron chi connectivity index (χ1n) is 12.5. The fraction of sp³-hybridized carbons (Fsp3) is 0.500. The molecule has 3 rings (SSSR count). The smallest absolute Gasteiger partial charge is 0.319 e. The van der Waals surface area contributed by atoms with Crippen LogP contribution in [0, 0.1) is 17.7 Å². The lowest BCUT2D eigenvalue weighted by atomic mass is 9.89. The number of carbonyl (C=O) groups excluding carboxylic acids is 2. The number of carbonyl (C=O) groups is 2. The zero-order chi connectivity index (χ0) is 25.4. The van der Waals surface area contributed by atoms with E-state index in [-0.39, 0.29) is 17.6 Å². The molecule has 0 aliphatic carbocycles. The minimum absolute atomic E-state index is 0.0661. The minimum Gasteiger partial charge on any atom is -0.390 e. The normalized spacial score (nSPS) is 16.6. The molecule has 2 atom stereocenters. The molecule has 7 heteroatoms. The zero-order valence-electron chi connectivity index (χ0n) is 21.0. The quantitative estimate of drug-likeness (QED) is 0.421. The van der Waals surface area contributed by atoms with Crippen LogP contribution in [0.1, 0.15) is 56.0 Å². The number of likely N-dealkylation sites (tertiary alicyclic amines) is 1. The predicted octanol–water partition coefficient (Wildman–Crippen LogP) is 4.88. The SMILES string of the molecule is CC(=O)c1cccc(NC(=O)N[C@H](CC(C)C)[C@H](O)CN2CCC(Cc3ccc(F)cc3)CC2)c1. The first kappa shape index (κ1) is 26.8. The predicted molar refractivity (Wildman–Crippen MR) is 137 cm³/mol. The number of aliphatic hydroxyl groups excluding tert-OH is 1. The van der Waals surface area contributed by atoms with Crippen molar-refractivity contribution in [2.24, 2.45) is 11.8 Å². The van der Waals surface area contributed by atoms with Crippen LogP contribution in [0.5, 0.6) is 0 Å². The Morgan fingerprint density at radius 1 is 1.11 bits per heavy atom. The molecule has 0 bridgehead atoms. The second-order valence-corrected chi connectivity index (χ2v) is 10.1. The topological polar surface area (TPSA) is 81.7 Å². The number of benzene rings is 2. The molecule has 6 nitrogen and oxygen atoms in total. The highest BCUT2D eigenvalue weighted by molar-refractivity contribution is 5.96. The molecule has 2 aromatic carbocycles. The lowest BCUT2D eigenvalue weighted by Gasteiger charge is -2.35. The molecule has 1 saturated heterocycles. The van der Waals surface area contributed by atoms with Crippen molar-refractivity contribution in [1.82, 2.24) is 10.2 Å². The molecule has 1 aliphatic rings. The molecule has 0 saturated carbocycles. The van der Waals surface area contributed by atoms with E-state index in [4.69, 9.17) is 0 Å². The van der Waals surface area contributed by atoms with Gasteiger partial charge in [-0.3, -0.25) is 4.79 Å². The number of ketones is 1. The number of nitrogens with zero attached hydrogens (tertiary/aromatic N) is 1. The van der Waals surface area contributed by atoms with Crippen molar-refractivity contribution in [3.63, 3.8) is 0 Å². The van der Waals surface area contributed by atoms with E-state index in [9.17, 15) is 19.1 Å². The maximum absolute atomic E-state index is 13.1. The van der Waals surface area contributed by atoms with E-state index in [1.165, 1.54) is 19.1 Å². The van der Waals surface area contributed by atoms with E-state index in [2.05, 4.69) is 29.4 Å². The number of halogens is 1. The lowest BCUT2D eigenvalue weighted by Crippen LogP contribution is -2.51. The van der Waals surface area contributed by atoms with Gasteiger partial charge in [-0.2, -0.15) is 0 Å². The summed E-state index contributed by atoms with van der Waals surface area (Å²) in [6.45, 7) is 7.90. The number of hydrogen-bond donors (Lipinski definition) is 3. The molecule has 0 unspecified atom stereocenters. The van der Waals surface area contributed by atoms with Crippen LogP contribution in [-0.4, -0.2) is 53.6 Å². The molecule has 190 valence electrons. The number of β-amino-alcohol motifs (C(OH)–C–C–N with tert-alkyl or cyclic N) is 1. The molecule has 0 aromatic heterocycles. The van der Waals surface area contributed by atoms with Gasteiger partial charge in [-0.25, -0.2) is 9.18 Å². The third kappa shape index (κ3) is 8.75. The number of Topliss-reactive ketones (excluding diaryl/α,β-unsaturated/α-hetero) is 1. The number of amides is 2. The summed E-state index contributed by atoms with van der Waals surface area (Å²) in [5.41, 5.74) is 2.23. The summed E-state index contributed by atoms with van der Waals surface area (Å²) >= 11 is 0. The van der Waals surface area contributed by atoms with E-state index >= 15 is 0 Å². The Morgan fingerprint density at radius 3 is 2.43 bits per heavy atom. The molecule has 0 radical (unpaired) electrons. The van der Waals surface area contributed by atoms with Crippen molar-refractivity contribution in [3.8, 4) is 0 Å². The summed E-state index contributed by atoms with van der Waals surface area (Å²) < 4.78 is 13.1. The summed E-state index contributed by atoms with van der Waals surface area (Å²) in [5, 5.41) is 16.7. The highest BCUT2D eigenvalue weighted by Crippen LogP contribution is 2.23. The van der Waals surface area contributed by atoms with E-state index in [1.54, 1.807) is 24.3 Å². The van der Waals surface area contributed by atoms with Crippen LogP contribution in [0.3, 0.4) is 0 Å². The number of nitrogens with one attached hydrogen (secondary N) is 2. The van der Waals surface area contributed by atoms with Crippen molar-refractivity contribution < 1.29 is 19.1 Å². The van der Waals surface area contributed by atoms with E-state index in [0.29, 0.717) is 36.1 Å². The third-order valence-electron chi connectivity index (χ3n) is 6.62. The fourth-order valence-corrected chi connectivity index (χ4v) is 4.69. The van der Waals surface area contributed by atoms with Gasteiger partial charge in [0.2, 0.25) is 0 Å². The average Bonchev–Trinajstić information content (AvgIpc) is 2.81. The standard InChI is InChI=1S/C28H38FN3O3/c1-19(2)15-26(31-28(35)30-25-6-4-5-23(17-25)20(3)33)27(34)18-32-13-11-22(12-14-32)16-21-7-9-24(29)10-8-21/h4-10,17,19,22,26-27,34H,11-16,18H2,1-3H3,(H2,30,31,35)/t26-,27-/m1/s1. The Morgan fingerprint density at radius 2 is 1.80 bits per heavy atom. The first-order chi connectivity index (χ1) is 16.7. The number of anilines is 1. The summed E-state index contributed by atoms with van der Waals surface area (Å²) in [5.74, 6) is 0.580. The molecular weight excluding hydrogens is 445 g/mol. The Hall–Kier alpha value is -2.77. The molecule has 3 N–H and O–H groups in total. The molecule has 2 aromatic rings. The zero-order valence-corrected chi connectivity index (χ0v) is 21.0. The highest BCUT2D eigenvalue weighted by atomic mass is 19.1. The summed E-state index contributed by atoms with van der Waals surface area (Å²) in [6, 6.07) is 12.8. The largest absolute Gasteiger partial charge is 0.390 e. The maximum atomic E-state index is 13.1. The minimum atomic E-state index is -0.694. The van der Waals surface area contributed by atoms with Crippen molar-refractivity contribution in [2.45, 2.75) is 58.6 Å². The fourth-order valence-electron chi connectivity index (χ4n) is 4.69. The molecule has 0 spiro atoms.